The zero-order valence-corrected chi connectivity index (χ0v) is 9.23. The minimum absolute atomic E-state index is 0.901. The Balaban J connectivity index is 1.46. The Morgan fingerprint density at radius 1 is 1.07 bits per heavy atom. The zero-order chi connectivity index (χ0) is 9.64. The zero-order valence-electron chi connectivity index (χ0n) is 9.23. The Morgan fingerprint density at radius 2 is 1.93 bits per heavy atom. The lowest BCUT2D eigenvalue weighted by molar-refractivity contribution is 0.448. The Bertz CT molecular complexity index is 128. The van der Waals surface area contributed by atoms with Gasteiger partial charge in [-0.3, -0.25) is 0 Å². The van der Waals surface area contributed by atoms with E-state index >= 15 is 0 Å². The summed E-state index contributed by atoms with van der Waals surface area (Å²) >= 11 is 0. The molecule has 1 unspecified atom stereocenters. The third-order valence-electron chi connectivity index (χ3n) is 3.80. The SMILES string of the molecule is C1CCC(CCNCC2CCNC2)C1. The first-order chi connectivity index (χ1) is 6.95. The van der Waals surface area contributed by atoms with Crippen molar-refractivity contribution in [2.45, 2.75) is 38.5 Å². The van der Waals surface area contributed by atoms with E-state index in [9.17, 15) is 0 Å². The summed E-state index contributed by atoms with van der Waals surface area (Å²) in [5, 5.41) is 7.03. The molecule has 2 fully saturated rings. The van der Waals surface area contributed by atoms with Crippen molar-refractivity contribution in [2.24, 2.45) is 11.8 Å². The summed E-state index contributed by atoms with van der Waals surface area (Å²) in [7, 11) is 0. The van der Waals surface area contributed by atoms with Gasteiger partial charge in [-0.05, 0) is 50.9 Å². The highest BCUT2D eigenvalue weighted by Gasteiger charge is 2.15. The van der Waals surface area contributed by atoms with Crippen LogP contribution in [0, 0.1) is 11.8 Å². The van der Waals surface area contributed by atoms with Gasteiger partial charge in [0.05, 0.1) is 0 Å². The minimum atomic E-state index is 0.901. The molecule has 14 heavy (non-hydrogen) atoms. The van der Waals surface area contributed by atoms with Crippen LogP contribution in [0.2, 0.25) is 0 Å². The summed E-state index contributed by atoms with van der Waals surface area (Å²) in [5.41, 5.74) is 0. The van der Waals surface area contributed by atoms with Crippen molar-refractivity contribution in [1.82, 2.24) is 10.6 Å². The summed E-state index contributed by atoms with van der Waals surface area (Å²) in [6.07, 6.45) is 8.74. The van der Waals surface area contributed by atoms with Gasteiger partial charge in [0, 0.05) is 0 Å². The Morgan fingerprint density at radius 3 is 2.64 bits per heavy atom. The van der Waals surface area contributed by atoms with Crippen LogP contribution < -0.4 is 10.6 Å². The third-order valence-corrected chi connectivity index (χ3v) is 3.80. The number of hydrogen-bond donors (Lipinski definition) is 2. The van der Waals surface area contributed by atoms with Gasteiger partial charge < -0.3 is 10.6 Å². The molecule has 2 N–H and O–H groups in total. The molecule has 0 aromatic heterocycles. The van der Waals surface area contributed by atoms with Crippen LogP contribution in [0.4, 0.5) is 0 Å². The van der Waals surface area contributed by atoms with Crippen molar-refractivity contribution in [3.63, 3.8) is 0 Å². The average Bonchev–Trinajstić information content (AvgIpc) is 2.86. The van der Waals surface area contributed by atoms with Crippen molar-refractivity contribution in [3.05, 3.63) is 0 Å². The predicted molar refractivity (Wildman–Crippen MR) is 60.4 cm³/mol. The van der Waals surface area contributed by atoms with E-state index in [-0.39, 0.29) is 0 Å². The van der Waals surface area contributed by atoms with Crippen LogP contribution in [-0.4, -0.2) is 26.2 Å². The molecule has 0 spiro atoms. The third kappa shape index (κ3) is 3.25. The van der Waals surface area contributed by atoms with Crippen molar-refractivity contribution in [3.8, 4) is 0 Å². The Kier molecular flexibility index (Phi) is 4.26. The normalized spacial score (nSPS) is 28.7. The molecule has 1 heterocycles. The molecule has 0 radical (unpaired) electrons. The van der Waals surface area contributed by atoms with E-state index < -0.39 is 0 Å². The molecule has 0 aromatic carbocycles. The topological polar surface area (TPSA) is 24.1 Å². The van der Waals surface area contributed by atoms with Crippen molar-refractivity contribution < 1.29 is 0 Å². The molecule has 1 saturated carbocycles. The van der Waals surface area contributed by atoms with Gasteiger partial charge in [0.2, 0.25) is 0 Å². The minimum Gasteiger partial charge on any atom is -0.316 e. The molecule has 2 nitrogen and oxygen atoms in total. The van der Waals surface area contributed by atoms with Gasteiger partial charge in [-0.2, -0.15) is 0 Å². The van der Waals surface area contributed by atoms with Crippen molar-refractivity contribution in [1.29, 1.82) is 0 Å². The van der Waals surface area contributed by atoms with E-state index in [0.717, 1.165) is 11.8 Å². The molecule has 2 aliphatic rings. The molecule has 2 heteroatoms. The first-order valence-corrected chi connectivity index (χ1v) is 6.36. The van der Waals surface area contributed by atoms with E-state index in [4.69, 9.17) is 0 Å². The van der Waals surface area contributed by atoms with E-state index in [2.05, 4.69) is 10.6 Å². The Labute approximate surface area is 87.8 Å². The molecule has 0 aromatic rings. The molecule has 1 saturated heterocycles. The van der Waals surface area contributed by atoms with Gasteiger partial charge in [-0.1, -0.05) is 25.7 Å². The van der Waals surface area contributed by atoms with Gasteiger partial charge >= 0.3 is 0 Å². The van der Waals surface area contributed by atoms with Gasteiger partial charge in [0.25, 0.3) is 0 Å². The second-order valence-corrected chi connectivity index (χ2v) is 5.00. The monoisotopic (exact) mass is 196 g/mol. The van der Waals surface area contributed by atoms with Crippen LogP contribution in [0.1, 0.15) is 38.5 Å². The lowest BCUT2D eigenvalue weighted by atomic mass is 10.0. The predicted octanol–water partition coefficient (Wildman–Crippen LogP) is 1.77. The summed E-state index contributed by atoms with van der Waals surface area (Å²) < 4.78 is 0. The first-order valence-electron chi connectivity index (χ1n) is 6.36. The lowest BCUT2D eigenvalue weighted by Crippen LogP contribution is -2.26. The molecule has 0 bridgehead atoms. The number of nitrogens with one attached hydrogen (secondary N) is 2. The molecular formula is C12H24N2. The van der Waals surface area contributed by atoms with Crippen LogP contribution in [0.15, 0.2) is 0 Å². The Hall–Kier alpha value is -0.0800. The van der Waals surface area contributed by atoms with Crippen molar-refractivity contribution >= 4 is 0 Å². The molecule has 2 rings (SSSR count). The molecule has 1 aliphatic carbocycles. The van der Waals surface area contributed by atoms with E-state index in [1.807, 2.05) is 0 Å². The summed E-state index contributed by atoms with van der Waals surface area (Å²) in [4.78, 5) is 0. The van der Waals surface area contributed by atoms with Crippen LogP contribution in [0.3, 0.4) is 0 Å². The maximum absolute atomic E-state index is 3.61. The second kappa shape index (κ2) is 5.72. The molecule has 0 amide bonds. The lowest BCUT2D eigenvalue weighted by Gasteiger charge is -2.12. The highest BCUT2D eigenvalue weighted by atomic mass is 14.9. The van der Waals surface area contributed by atoms with E-state index in [1.54, 1.807) is 0 Å². The van der Waals surface area contributed by atoms with E-state index in [0.29, 0.717) is 0 Å². The van der Waals surface area contributed by atoms with Crippen LogP contribution >= 0.6 is 0 Å². The second-order valence-electron chi connectivity index (χ2n) is 5.00. The summed E-state index contributed by atoms with van der Waals surface area (Å²) in [5.74, 6) is 1.95. The standard InChI is InChI=1S/C12H24N2/c1-2-4-11(3-1)5-7-13-9-12-6-8-14-10-12/h11-14H,1-10H2. The fraction of sp³-hybridized carbons (Fsp3) is 1.00. The number of hydrogen-bond acceptors (Lipinski definition) is 2. The smallest absolute Gasteiger partial charge is 0.000790 e. The van der Waals surface area contributed by atoms with Crippen LogP contribution in [-0.2, 0) is 0 Å². The summed E-state index contributed by atoms with van der Waals surface area (Å²) in [6, 6.07) is 0. The molecule has 82 valence electrons. The molecular weight excluding hydrogens is 172 g/mol. The fourth-order valence-electron chi connectivity index (χ4n) is 2.80. The van der Waals surface area contributed by atoms with Gasteiger partial charge in [-0.15, -0.1) is 0 Å². The van der Waals surface area contributed by atoms with Crippen molar-refractivity contribution in [2.75, 3.05) is 26.2 Å². The molecule has 1 atom stereocenters. The van der Waals surface area contributed by atoms with Crippen LogP contribution in [0.5, 0.6) is 0 Å². The quantitative estimate of drug-likeness (QED) is 0.655. The van der Waals surface area contributed by atoms with Crippen LogP contribution in [0.25, 0.3) is 0 Å². The maximum Gasteiger partial charge on any atom is -0.000790 e. The number of rotatable bonds is 5. The van der Waals surface area contributed by atoms with Gasteiger partial charge in [-0.25, -0.2) is 0 Å². The highest BCUT2D eigenvalue weighted by molar-refractivity contribution is 4.74. The maximum atomic E-state index is 3.61. The first kappa shape index (κ1) is 10.4. The van der Waals surface area contributed by atoms with Gasteiger partial charge in [0.1, 0.15) is 0 Å². The average molecular weight is 196 g/mol. The van der Waals surface area contributed by atoms with Gasteiger partial charge in [0.15, 0.2) is 0 Å². The highest BCUT2D eigenvalue weighted by Crippen LogP contribution is 2.26. The fourth-order valence-corrected chi connectivity index (χ4v) is 2.80. The molecule has 1 aliphatic heterocycles. The largest absolute Gasteiger partial charge is 0.316 e. The summed E-state index contributed by atoms with van der Waals surface area (Å²) in [6.45, 7) is 4.95. The van der Waals surface area contributed by atoms with E-state index in [1.165, 1.54) is 64.7 Å².